The smallest absolute Gasteiger partial charge is 0.0726 e. The van der Waals surface area contributed by atoms with Gasteiger partial charge in [-0.05, 0) is 43.9 Å². The number of rotatable bonds is 2. The first-order valence-electron chi connectivity index (χ1n) is 6.04. The molecule has 2 heteroatoms. The Kier molecular flexibility index (Phi) is 2.94. The normalized spacial score (nSPS) is 16.3. The lowest BCUT2D eigenvalue weighted by Gasteiger charge is -2.14. The van der Waals surface area contributed by atoms with Crippen molar-refractivity contribution in [1.29, 1.82) is 0 Å². The van der Waals surface area contributed by atoms with Crippen LogP contribution in [-0.4, -0.2) is 19.1 Å². The third kappa shape index (κ3) is 2.07. The van der Waals surface area contributed by atoms with Crippen molar-refractivity contribution >= 4 is 16.6 Å². The molecule has 1 aliphatic rings. The Bertz CT molecular complexity index is 554. The number of nitrogens with zero attached hydrogens (tertiary/aromatic N) is 2. The number of aromatic nitrogens is 1. The fourth-order valence-electron chi connectivity index (χ4n) is 2.09. The van der Waals surface area contributed by atoms with Gasteiger partial charge in [0.05, 0.1) is 5.52 Å². The highest BCUT2D eigenvalue weighted by molar-refractivity contribution is 5.83. The van der Waals surface area contributed by atoms with Gasteiger partial charge in [0.25, 0.3) is 0 Å². The number of benzene rings is 1. The fourth-order valence-corrected chi connectivity index (χ4v) is 2.09. The maximum atomic E-state index is 4.73. The van der Waals surface area contributed by atoms with Crippen LogP contribution in [0.3, 0.4) is 0 Å². The molecule has 1 heterocycles. The molecule has 3 rings (SSSR count). The summed E-state index contributed by atoms with van der Waals surface area (Å²) >= 11 is 0. The maximum Gasteiger partial charge on any atom is 0.0726 e. The van der Waals surface area contributed by atoms with E-state index in [9.17, 15) is 0 Å². The van der Waals surface area contributed by atoms with Gasteiger partial charge in [-0.25, -0.2) is 0 Å². The van der Waals surface area contributed by atoms with Crippen molar-refractivity contribution in [1.82, 2.24) is 4.98 Å². The topological polar surface area (TPSA) is 16.1 Å². The average molecular weight is 235 g/mol. The molecule has 0 N–H and O–H groups in total. The highest BCUT2D eigenvalue weighted by atomic mass is 15.1. The number of fused-ring (bicyclic) bond motifs is 1. The SMILES string of the molecule is CN(C)c1ccc2ccc([C]3[CH][CH][CH][CH]3)nc2c1. The lowest BCUT2D eigenvalue weighted by Crippen LogP contribution is -2.08. The van der Waals surface area contributed by atoms with E-state index in [1.54, 1.807) is 0 Å². The summed E-state index contributed by atoms with van der Waals surface area (Å²) in [6, 6.07) is 10.6. The van der Waals surface area contributed by atoms with Gasteiger partial charge in [-0.15, -0.1) is 0 Å². The zero-order valence-electron chi connectivity index (χ0n) is 10.6. The lowest BCUT2D eigenvalue weighted by molar-refractivity contribution is 1.13. The minimum absolute atomic E-state index is 1.03. The summed E-state index contributed by atoms with van der Waals surface area (Å²) in [4.78, 5) is 6.83. The van der Waals surface area contributed by atoms with Crippen molar-refractivity contribution in [3.05, 3.63) is 67.6 Å². The van der Waals surface area contributed by atoms with Crippen molar-refractivity contribution in [2.75, 3.05) is 19.0 Å². The van der Waals surface area contributed by atoms with Crippen LogP contribution in [0.2, 0.25) is 0 Å². The zero-order chi connectivity index (χ0) is 12.5. The summed E-state index contributed by atoms with van der Waals surface area (Å²) in [5.74, 6) is 1.17. The summed E-state index contributed by atoms with van der Waals surface area (Å²) in [6.45, 7) is 0. The minimum atomic E-state index is 1.03. The Morgan fingerprint density at radius 2 is 1.67 bits per heavy atom. The van der Waals surface area contributed by atoms with Crippen LogP contribution in [0, 0.1) is 31.6 Å². The summed E-state index contributed by atoms with van der Waals surface area (Å²) in [5, 5.41) is 1.18. The summed E-state index contributed by atoms with van der Waals surface area (Å²) in [5.41, 5.74) is 3.25. The van der Waals surface area contributed by atoms with Gasteiger partial charge in [0.2, 0.25) is 0 Å². The maximum absolute atomic E-state index is 4.73. The Morgan fingerprint density at radius 3 is 2.39 bits per heavy atom. The van der Waals surface area contributed by atoms with Crippen LogP contribution in [0.1, 0.15) is 5.69 Å². The third-order valence-electron chi connectivity index (χ3n) is 3.15. The van der Waals surface area contributed by atoms with Crippen molar-refractivity contribution < 1.29 is 0 Å². The zero-order valence-corrected chi connectivity index (χ0v) is 10.6. The van der Waals surface area contributed by atoms with Gasteiger partial charge in [0, 0.05) is 36.8 Å². The third-order valence-corrected chi connectivity index (χ3v) is 3.15. The van der Waals surface area contributed by atoms with Crippen LogP contribution in [0.5, 0.6) is 0 Å². The number of hydrogen-bond donors (Lipinski definition) is 0. The van der Waals surface area contributed by atoms with Crippen LogP contribution in [0.4, 0.5) is 5.69 Å². The van der Waals surface area contributed by atoms with E-state index in [-0.39, 0.29) is 0 Å². The minimum Gasteiger partial charge on any atom is -0.378 e. The summed E-state index contributed by atoms with van der Waals surface area (Å²) in [7, 11) is 4.09. The fraction of sp³-hybridized carbons (Fsp3) is 0.125. The van der Waals surface area contributed by atoms with Gasteiger partial charge < -0.3 is 4.90 Å². The van der Waals surface area contributed by atoms with Crippen molar-refractivity contribution in [3.63, 3.8) is 0 Å². The molecular formula is C16H15N2. The molecule has 1 aliphatic carbocycles. The summed E-state index contributed by atoms with van der Waals surface area (Å²) < 4.78 is 0. The molecule has 5 radical (unpaired) electrons. The predicted molar refractivity (Wildman–Crippen MR) is 75.6 cm³/mol. The second kappa shape index (κ2) is 4.60. The monoisotopic (exact) mass is 235 g/mol. The molecule has 1 aromatic heterocycles. The molecule has 0 spiro atoms. The second-order valence-electron chi connectivity index (χ2n) is 4.64. The van der Waals surface area contributed by atoms with E-state index < -0.39 is 0 Å². The predicted octanol–water partition coefficient (Wildman–Crippen LogP) is 3.05. The van der Waals surface area contributed by atoms with Gasteiger partial charge in [0.15, 0.2) is 0 Å². The Balaban J connectivity index is 2.03. The Hall–Kier alpha value is -1.57. The molecular weight excluding hydrogens is 220 g/mol. The first-order valence-corrected chi connectivity index (χ1v) is 6.04. The molecule has 1 aromatic carbocycles. The number of pyridine rings is 1. The van der Waals surface area contributed by atoms with E-state index in [1.165, 1.54) is 17.0 Å². The van der Waals surface area contributed by atoms with Crippen molar-refractivity contribution in [2.45, 2.75) is 0 Å². The molecule has 0 saturated heterocycles. The quantitative estimate of drug-likeness (QED) is 0.795. The number of anilines is 1. The first-order chi connectivity index (χ1) is 8.74. The first kappa shape index (κ1) is 11.5. The van der Waals surface area contributed by atoms with Crippen molar-refractivity contribution in [2.24, 2.45) is 0 Å². The van der Waals surface area contributed by atoms with Gasteiger partial charge in [-0.3, -0.25) is 4.98 Å². The molecule has 0 unspecified atom stereocenters. The van der Waals surface area contributed by atoms with Crippen LogP contribution in [-0.2, 0) is 0 Å². The van der Waals surface area contributed by atoms with Crippen LogP contribution in [0.25, 0.3) is 10.9 Å². The standard InChI is InChI=1S/C16H15N2/c1-18(2)14-9-7-13-8-10-15(17-16(13)11-14)12-5-3-4-6-12/h3-11H,1-2H3. The Labute approximate surface area is 109 Å². The van der Waals surface area contributed by atoms with Gasteiger partial charge in [-0.2, -0.15) is 0 Å². The van der Waals surface area contributed by atoms with E-state index in [0.717, 1.165) is 11.2 Å². The molecule has 1 saturated carbocycles. The van der Waals surface area contributed by atoms with Crippen LogP contribution < -0.4 is 4.90 Å². The molecule has 0 atom stereocenters. The van der Waals surface area contributed by atoms with Crippen molar-refractivity contribution in [3.8, 4) is 0 Å². The summed E-state index contributed by atoms with van der Waals surface area (Å²) in [6.07, 6.45) is 8.25. The van der Waals surface area contributed by atoms with Gasteiger partial charge in [0.1, 0.15) is 0 Å². The molecule has 18 heavy (non-hydrogen) atoms. The second-order valence-corrected chi connectivity index (χ2v) is 4.64. The molecule has 0 bridgehead atoms. The molecule has 2 nitrogen and oxygen atoms in total. The lowest BCUT2D eigenvalue weighted by atomic mass is 10.0. The van der Waals surface area contributed by atoms with E-state index >= 15 is 0 Å². The van der Waals surface area contributed by atoms with Crippen LogP contribution in [0.15, 0.2) is 30.3 Å². The Morgan fingerprint density at radius 1 is 0.944 bits per heavy atom. The van der Waals surface area contributed by atoms with E-state index in [0.29, 0.717) is 0 Å². The molecule has 0 aliphatic heterocycles. The van der Waals surface area contributed by atoms with Gasteiger partial charge >= 0.3 is 0 Å². The highest BCUT2D eigenvalue weighted by Crippen LogP contribution is 2.30. The van der Waals surface area contributed by atoms with Crippen LogP contribution >= 0.6 is 0 Å². The van der Waals surface area contributed by atoms with Gasteiger partial charge in [-0.1, -0.05) is 12.1 Å². The molecule has 0 amide bonds. The molecule has 1 fully saturated rings. The van der Waals surface area contributed by atoms with E-state index in [4.69, 9.17) is 4.98 Å². The van der Waals surface area contributed by atoms with E-state index in [1.807, 2.05) is 26.9 Å². The highest BCUT2D eigenvalue weighted by Gasteiger charge is 2.20. The molecule has 2 aromatic rings. The average Bonchev–Trinajstić information content (AvgIpc) is 2.91. The molecule has 89 valence electrons. The number of hydrogen-bond acceptors (Lipinski definition) is 2. The van der Waals surface area contributed by atoms with E-state index in [2.05, 4.69) is 48.1 Å². The largest absolute Gasteiger partial charge is 0.378 e.